The van der Waals surface area contributed by atoms with E-state index in [4.69, 9.17) is 9.47 Å². The molecule has 3 rings (SSSR count). The predicted octanol–water partition coefficient (Wildman–Crippen LogP) is 2.70. The van der Waals surface area contributed by atoms with Crippen molar-refractivity contribution in [3.63, 3.8) is 0 Å². The number of carbonyl (C=O) groups excluding carboxylic acids is 1. The highest BCUT2D eigenvalue weighted by atomic mass is 16.7. The average molecular weight is 250 g/mol. The van der Waals surface area contributed by atoms with E-state index in [1.807, 2.05) is 6.08 Å². The molecule has 2 aliphatic carbocycles. The minimum atomic E-state index is -0.405. The van der Waals surface area contributed by atoms with Crippen molar-refractivity contribution in [2.24, 2.45) is 17.3 Å². The van der Waals surface area contributed by atoms with Crippen molar-refractivity contribution in [2.75, 3.05) is 13.2 Å². The Hall–Kier alpha value is -0.670. The van der Waals surface area contributed by atoms with Gasteiger partial charge in [0.15, 0.2) is 5.79 Å². The van der Waals surface area contributed by atoms with Crippen LogP contribution in [0.3, 0.4) is 0 Å². The van der Waals surface area contributed by atoms with Gasteiger partial charge >= 0.3 is 0 Å². The van der Waals surface area contributed by atoms with Crippen LogP contribution in [0.15, 0.2) is 12.7 Å². The molecule has 3 atom stereocenters. The lowest BCUT2D eigenvalue weighted by molar-refractivity contribution is -0.233. The number of carbonyl (C=O) groups is 1. The third-order valence-electron chi connectivity index (χ3n) is 5.44. The molecular weight excluding hydrogens is 228 g/mol. The van der Waals surface area contributed by atoms with Crippen LogP contribution in [0.5, 0.6) is 0 Å². The Morgan fingerprint density at radius 2 is 2.11 bits per heavy atom. The fourth-order valence-electron chi connectivity index (χ4n) is 4.45. The Morgan fingerprint density at radius 3 is 2.78 bits per heavy atom. The van der Waals surface area contributed by atoms with E-state index < -0.39 is 5.79 Å². The number of fused-ring (bicyclic) bond motifs is 2. The van der Waals surface area contributed by atoms with Crippen molar-refractivity contribution >= 4 is 5.78 Å². The summed E-state index contributed by atoms with van der Waals surface area (Å²) in [7, 11) is 0. The molecule has 3 heteroatoms. The lowest BCUT2D eigenvalue weighted by atomic mass is 9.61. The van der Waals surface area contributed by atoms with E-state index in [1.165, 1.54) is 0 Å². The zero-order valence-electron chi connectivity index (χ0n) is 11.1. The van der Waals surface area contributed by atoms with Crippen molar-refractivity contribution in [3.05, 3.63) is 12.7 Å². The van der Waals surface area contributed by atoms with E-state index >= 15 is 0 Å². The van der Waals surface area contributed by atoms with E-state index in [9.17, 15) is 4.79 Å². The Balaban J connectivity index is 1.93. The van der Waals surface area contributed by atoms with Crippen molar-refractivity contribution in [3.8, 4) is 0 Å². The third-order valence-corrected chi connectivity index (χ3v) is 5.44. The molecule has 1 spiro atoms. The summed E-state index contributed by atoms with van der Waals surface area (Å²) < 4.78 is 12.0. The van der Waals surface area contributed by atoms with E-state index in [-0.39, 0.29) is 11.3 Å². The fraction of sp³-hybridized carbons (Fsp3) is 0.800. The molecule has 2 saturated carbocycles. The van der Waals surface area contributed by atoms with Crippen molar-refractivity contribution in [1.29, 1.82) is 0 Å². The minimum absolute atomic E-state index is 0.00505. The number of ether oxygens (including phenoxy) is 2. The average Bonchev–Trinajstić information content (AvgIpc) is 2.93. The summed E-state index contributed by atoms with van der Waals surface area (Å²) in [6.07, 6.45) is 6.24. The first kappa shape index (κ1) is 12.4. The molecule has 0 radical (unpaired) electrons. The first-order chi connectivity index (χ1) is 8.63. The second kappa shape index (κ2) is 4.17. The Labute approximate surface area is 109 Å². The van der Waals surface area contributed by atoms with Gasteiger partial charge in [0.25, 0.3) is 0 Å². The molecule has 0 unspecified atom stereocenters. The molecule has 0 aromatic carbocycles. The van der Waals surface area contributed by atoms with Gasteiger partial charge < -0.3 is 9.47 Å². The van der Waals surface area contributed by atoms with Gasteiger partial charge in [0, 0.05) is 24.2 Å². The molecular formula is C15H22O3. The molecule has 3 nitrogen and oxygen atoms in total. The van der Waals surface area contributed by atoms with Crippen LogP contribution < -0.4 is 0 Å². The minimum Gasteiger partial charge on any atom is -0.347 e. The van der Waals surface area contributed by atoms with E-state index in [1.54, 1.807) is 0 Å². The molecule has 0 aromatic rings. The SMILES string of the molecule is C=CC[C@@H]1C(=O)CC[C@@]2(C)[C@H]1CCC21OCCO1. The van der Waals surface area contributed by atoms with Crippen LogP contribution in [-0.2, 0) is 14.3 Å². The molecule has 100 valence electrons. The summed E-state index contributed by atoms with van der Waals surface area (Å²) in [5.74, 6) is 0.535. The fourth-order valence-corrected chi connectivity index (χ4v) is 4.45. The Kier molecular flexibility index (Phi) is 2.87. The maximum atomic E-state index is 12.1. The van der Waals surface area contributed by atoms with Gasteiger partial charge in [0.1, 0.15) is 5.78 Å². The molecule has 18 heavy (non-hydrogen) atoms. The summed E-state index contributed by atoms with van der Waals surface area (Å²) in [5.41, 5.74) is 0.00505. The highest BCUT2D eigenvalue weighted by molar-refractivity contribution is 5.82. The second-order valence-corrected chi connectivity index (χ2v) is 6.11. The van der Waals surface area contributed by atoms with E-state index in [0.29, 0.717) is 31.3 Å². The van der Waals surface area contributed by atoms with Crippen LogP contribution >= 0.6 is 0 Å². The van der Waals surface area contributed by atoms with Gasteiger partial charge in [-0.3, -0.25) is 4.79 Å². The molecule has 0 amide bonds. The number of Topliss-reactive ketones (excluding diaryl/α,β-unsaturated/α-hetero) is 1. The van der Waals surface area contributed by atoms with Crippen LogP contribution in [0.4, 0.5) is 0 Å². The smallest absolute Gasteiger partial charge is 0.174 e. The topological polar surface area (TPSA) is 35.5 Å². The molecule has 0 N–H and O–H groups in total. The zero-order valence-corrected chi connectivity index (χ0v) is 11.1. The maximum Gasteiger partial charge on any atom is 0.174 e. The normalized spacial score (nSPS) is 42.2. The summed E-state index contributed by atoms with van der Waals surface area (Å²) in [4.78, 5) is 12.1. The van der Waals surface area contributed by atoms with Gasteiger partial charge in [0.05, 0.1) is 13.2 Å². The quantitative estimate of drug-likeness (QED) is 0.707. The molecule has 0 aromatic heterocycles. The number of ketones is 1. The molecule has 1 aliphatic heterocycles. The summed E-state index contributed by atoms with van der Waals surface area (Å²) in [5, 5.41) is 0. The lowest BCUT2D eigenvalue weighted by Gasteiger charge is -2.47. The third kappa shape index (κ3) is 1.47. The predicted molar refractivity (Wildman–Crippen MR) is 68.0 cm³/mol. The Morgan fingerprint density at radius 1 is 1.39 bits per heavy atom. The van der Waals surface area contributed by atoms with Crippen molar-refractivity contribution < 1.29 is 14.3 Å². The highest BCUT2D eigenvalue weighted by Crippen LogP contribution is 2.61. The zero-order chi connectivity index (χ0) is 12.8. The standard InChI is InChI=1S/C15H22O3/c1-3-4-11-12-5-8-15(17-9-10-18-15)14(12,2)7-6-13(11)16/h3,11-12H,1,4-10H2,2H3/t11-,12-,14-/m0/s1. The number of allylic oxidation sites excluding steroid dienone is 1. The molecule has 0 bridgehead atoms. The van der Waals surface area contributed by atoms with Gasteiger partial charge in [-0.05, 0) is 25.2 Å². The van der Waals surface area contributed by atoms with Crippen LogP contribution in [0, 0.1) is 17.3 Å². The lowest BCUT2D eigenvalue weighted by Crippen LogP contribution is -2.51. The van der Waals surface area contributed by atoms with Crippen LogP contribution in [-0.4, -0.2) is 24.8 Å². The van der Waals surface area contributed by atoms with Crippen LogP contribution in [0.1, 0.15) is 39.0 Å². The summed E-state index contributed by atoms with van der Waals surface area (Å²) >= 11 is 0. The first-order valence-electron chi connectivity index (χ1n) is 7.04. The highest BCUT2D eigenvalue weighted by Gasteiger charge is 2.64. The van der Waals surface area contributed by atoms with Gasteiger partial charge in [-0.15, -0.1) is 6.58 Å². The molecule has 1 heterocycles. The van der Waals surface area contributed by atoms with Crippen molar-refractivity contribution in [2.45, 2.75) is 44.8 Å². The summed E-state index contributed by atoms with van der Waals surface area (Å²) in [6.45, 7) is 7.46. The summed E-state index contributed by atoms with van der Waals surface area (Å²) in [6, 6.07) is 0. The van der Waals surface area contributed by atoms with Crippen LogP contribution in [0.25, 0.3) is 0 Å². The second-order valence-electron chi connectivity index (χ2n) is 6.11. The monoisotopic (exact) mass is 250 g/mol. The molecule has 3 aliphatic rings. The van der Waals surface area contributed by atoms with Gasteiger partial charge in [0.2, 0.25) is 0 Å². The molecule has 1 saturated heterocycles. The van der Waals surface area contributed by atoms with Gasteiger partial charge in [-0.25, -0.2) is 0 Å². The van der Waals surface area contributed by atoms with E-state index in [2.05, 4.69) is 13.5 Å². The van der Waals surface area contributed by atoms with Gasteiger partial charge in [-0.1, -0.05) is 13.0 Å². The largest absolute Gasteiger partial charge is 0.347 e. The van der Waals surface area contributed by atoms with E-state index in [0.717, 1.165) is 25.7 Å². The number of hydrogen-bond donors (Lipinski definition) is 0. The number of hydrogen-bond acceptors (Lipinski definition) is 3. The maximum absolute atomic E-state index is 12.1. The first-order valence-corrected chi connectivity index (χ1v) is 7.04. The number of rotatable bonds is 2. The van der Waals surface area contributed by atoms with Crippen LogP contribution in [0.2, 0.25) is 0 Å². The van der Waals surface area contributed by atoms with Gasteiger partial charge in [-0.2, -0.15) is 0 Å². The molecule has 3 fully saturated rings. The Bertz CT molecular complexity index is 370. The van der Waals surface area contributed by atoms with Crippen molar-refractivity contribution in [1.82, 2.24) is 0 Å².